The summed E-state index contributed by atoms with van der Waals surface area (Å²) in [6.45, 7) is 5.49. The molecule has 0 aromatic heterocycles. The average Bonchev–Trinajstić information content (AvgIpc) is 2.38. The molecule has 5 nitrogen and oxygen atoms in total. The topological polar surface area (TPSA) is 59.4 Å². The van der Waals surface area contributed by atoms with E-state index in [9.17, 15) is 10.1 Å². The summed E-state index contributed by atoms with van der Waals surface area (Å²) in [6.07, 6.45) is 2.41. The Labute approximate surface area is 110 Å². The van der Waals surface area contributed by atoms with Crippen LogP contribution in [0.25, 0.3) is 0 Å². The zero-order chi connectivity index (χ0) is 13.8. The molecule has 0 aromatic carbocycles. The molecule has 2 amide bonds. The van der Waals surface area contributed by atoms with Gasteiger partial charge in [0.15, 0.2) is 0 Å². The van der Waals surface area contributed by atoms with Crippen LogP contribution >= 0.6 is 0 Å². The minimum absolute atomic E-state index is 0.0325. The van der Waals surface area contributed by atoms with Gasteiger partial charge in [0, 0.05) is 33.2 Å². The number of urea groups is 1. The van der Waals surface area contributed by atoms with E-state index in [1.54, 1.807) is 19.0 Å². The number of nitrogens with zero attached hydrogens (tertiary/aromatic N) is 3. The lowest BCUT2D eigenvalue weighted by atomic mass is 9.88. The van der Waals surface area contributed by atoms with E-state index in [2.05, 4.69) is 25.2 Å². The molecular formula is C13H24N4O. The van der Waals surface area contributed by atoms with Crippen LogP contribution in [0.2, 0.25) is 0 Å². The molecule has 1 fully saturated rings. The van der Waals surface area contributed by atoms with Crippen molar-refractivity contribution in [1.29, 1.82) is 5.26 Å². The predicted octanol–water partition coefficient (Wildman–Crippen LogP) is 1.41. The van der Waals surface area contributed by atoms with Gasteiger partial charge in [0.2, 0.25) is 0 Å². The number of nitriles is 1. The van der Waals surface area contributed by atoms with Crippen molar-refractivity contribution in [3.63, 3.8) is 0 Å². The number of rotatable bonds is 3. The molecule has 1 unspecified atom stereocenters. The Morgan fingerprint density at radius 3 is 2.44 bits per heavy atom. The molecule has 0 bridgehead atoms. The van der Waals surface area contributed by atoms with E-state index in [1.807, 2.05) is 4.90 Å². The molecule has 1 aliphatic rings. The fourth-order valence-electron chi connectivity index (χ4n) is 2.22. The lowest BCUT2D eigenvalue weighted by Crippen LogP contribution is -2.56. The van der Waals surface area contributed by atoms with E-state index < -0.39 is 5.54 Å². The number of amides is 2. The first-order valence-corrected chi connectivity index (χ1v) is 6.59. The van der Waals surface area contributed by atoms with Gasteiger partial charge in [-0.2, -0.15) is 5.26 Å². The normalized spacial score (nSPS) is 20.1. The Hall–Kier alpha value is -1.28. The third kappa shape index (κ3) is 3.36. The Bertz CT molecular complexity index is 326. The highest BCUT2D eigenvalue weighted by atomic mass is 16.2. The van der Waals surface area contributed by atoms with Crippen LogP contribution in [-0.2, 0) is 0 Å². The van der Waals surface area contributed by atoms with Gasteiger partial charge < -0.3 is 9.80 Å². The van der Waals surface area contributed by atoms with E-state index >= 15 is 0 Å². The van der Waals surface area contributed by atoms with Gasteiger partial charge in [-0.15, -0.1) is 0 Å². The van der Waals surface area contributed by atoms with Crippen molar-refractivity contribution in [2.24, 2.45) is 0 Å². The van der Waals surface area contributed by atoms with Crippen molar-refractivity contribution < 1.29 is 4.79 Å². The van der Waals surface area contributed by atoms with Gasteiger partial charge in [0.05, 0.1) is 6.07 Å². The van der Waals surface area contributed by atoms with Gasteiger partial charge in [-0.05, 0) is 26.2 Å². The number of hydrogen-bond acceptors (Lipinski definition) is 3. The second-order valence-corrected chi connectivity index (χ2v) is 5.31. The molecule has 0 aromatic rings. The Balaban J connectivity index is 2.60. The van der Waals surface area contributed by atoms with E-state index in [-0.39, 0.29) is 6.03 Å². The zero-order valence-corrected chi connectivity index (χ0v) is 11.9. The van der Waals surface area contributed by atoms with Crippen LogP contribution < -0.4 is 5.32 Å². The molecule has 0 spiro atoms. The fourth-order valence-corrected chi connectivity index (χ4v) is 2.22. The second-order valence-electron chi connectivity index (χ2n) is 5.31. The van der Waals surface area contributed by atoms with Crippen molar-refractivity contribution in [1.82, 2.24) is 15.1 Å². The Morgan fingerprint density at radius 2 is 2.06 bits per heavy atom. The summed E-state index contributed by atoms with van der Waals surface area (Å²) < 4.78 is 0. The van der Waals surface area contributed by atoms with Gasteiger partial charge in [-0.25, -0.2) is 4.79 Å². The first-order valence-electron chi connectivity index (χ1n) is 6.59. The fraction of sp³-hybridized carbons (Fsp3) is 0.846. The molecule has 0 saturated carbocycles. The van der Waals surface area contributed by atoms with E-state index in [4.69, 9.17) is 0 Å². The van der Waals surface area contributed by atoms with E-state index in [1.165, 1.54) is 0 Å². The summed E-state index contributed by atoms with van der Waals surface area (Å²) in [6, 6.07) is 2.78. The molecule has 18 heavy (non-hydrogen) atoms. The smallest absolute Gasteiger partial charge is 0.319 e. The minimum atomic E-state index is -0.460. The molecule has 1 aliphatic heterocycles. The predicted molar refractivity (Wildman–Crippen MR) is 71.1 cm³/mol. The maximum absolute atomic E-state index is 11.8. The molecule has 1 saturated heterocycles. The summed E-state index contributed by atoms with van der Waals surface area (Å²) in [4.78, 5) is 15.2. The summed E-state index contributed by atoms with van der Waals surface area (Å²) in [7, 11) is 3.51. The first kappa shape index (κ1) is 14.8. The maximum atomic E-state index is 11.8. The average molecular weight is 252 g/mol. The van der Waals surface area contributed by atoms with Crippen molar-refractivity contribution in [3.05, 3.63) is 0 Å². The van der Waals surface area contributed by atoms with Gasteiger partial charge in [0.1, 0.15) is 5.54 Å². The molecule has 1 atom stereocenters. The van der Waals surface area contributed by atoms with Crippen LogP contribution in [0.4, 0.5) is 4.79 Å². The molecule has 0 radical (unpaired) electrons. The minimum Gasteiger partial charge on any atom is -0.331 e. The van der Waals surface area contributed by atoms with Gasteiger partial charge >= 0.3 is 6.03 Å². The quantitative estimate of drug-likeness (QED) is 0.826. The molecule has 0 aliphatic carbocycles. The van der Waals surface area contributed by atoms with Gasteiger partial charge in [0.25, 0.3) is 0 Å². The van der Waals surface area contributed by atoms with Crippen LogP contribution in [0.15, 0.2) is 0 Å². The van der Waals surface area contributed by atoms with Crippen LogP contribution in [0.3, 0.4) is 0 Å². The third-order valence-corrected chi connectivity index (χ3v) is 3.62. The SMILES string of the molecule is CCC(C)NC1(C#N)CCN(C(=O)N(C)C)CC1. The van der Waals surface area contributed by atoms with Crippen molar-refractivity contribution >= 4 is 6.03 Å². The number of piperidine rings is 1. The zero-order valence-electron chi connectivity index (χ0n) is 11.9. The number of nitrogens with one attached hydrogen (secondary N) is 1. The number of carbonyl (C=O) groups is 1. The molecule has 1 heterocycles. The maximum Gasteiger partial charge on any atom is 0.319 e. The Kier molecular flexibility index (Phi) is 4.97. The lowest BCUT2D eigenvalue weighted by molar-refractivity contribution is 0.137. The molecule has 102 valence electrons. The molecular weight excluding hydrogens is 228 g/mol. The number of likely N-dealkylation sites (tertiary alicyclic amines) is 1. The molecule has 5 heteroatoms. The summed E-state index contributed by atoms with van der Waals surface area (Å²) >= 11 is 0. The molecule has 1 rings (SSSR count). The van der Waals surface area contributed by atoms with Gasteiger partial charge in [-0.3, -0.25) is 5.32 Å². The molecule has 1 N–H and O–H groups in total. The van der Waals surface area contributed by atoms with Crippen LogP contribution in [0.1, 0.15) is 33.1 Å². The van der Waals surface area contributed by atoms with Crippen LogP contribution in [0.5, 0.6) is 0 Å². The van der Waals surface area contributed by atoms with E-state index in [0.29, 0.717) is 32.0 Å². The largest absolute Gasteiger partial charge is 0.331 e. The summed E-state index contributed by atoms with van der Waals surface area (Å²) in [5.74, 6) is 0. The highest BCUT2D eigenvalue weighted by molar-refractivity contribution is 5.74. The monoisotopic (exact) mass is 252 g/mol. The van der Waals surface area contributed by atoms with Crippen molar-refractivity contribution in [3.8, 4) is 6.07 Å². The lowest BCUT2D eigenvalue weighted by Gasteiger charge is -2.40. The van der Waals surface area contributed by atoms with Crippen molar-refractivity contribution in [2.45, 2.75) is 44.7 Å². The van der Waals surface area contributed by atoms with Gasteiger partial charge in [-0.1, -0.05) is 6.92 Å². The number of hydrogen-bond donors (Lipinski definition) is 1. The van der Waals surface area contributed by atoms with Crippen LogP contribution in [-0.4, -0.2) is 54.6 Å². The standard InChI is InChI=1S/C13H24N4O/c1-5-11(2)15-13(10-14)6-8-17(9-7-13)12(18)16(3)4/h11,15H,5-9H2,1-4H3. The highest BCUT2D eigenvalue weighted by Crippen LogP contribution is 2.23. The Morgan fingerprint density at radius 1 is 1.50 bits per heavy atom. The summed E-state index contributed by atoms with van der Waals surface area (Å²) in [5, 5.41) is 12.8. The number of carbonyl (C=O) groups excluding carboxylic acids is 1. The van der Waals surface area contributed by atoms with Crippen LogP contribution in [0, 0.1) is 11.3 Å². The summed E-state index contributed by atoms with van der Waals surface area (Å²) in [5.41, 5.74) is -0.460. The van der Waals surface area contributed by atoms with E-state index in [0.717, 1.165) is 6.42 Å². The highest BCUT2D eigenvalue weighted by Gasteiger charge is 2.36. The second kappa shape index (κ2) is 6.05. The third-order valence-electron chi connectivity index (χ3n) is 3.62. The van der Waals surface area contributed by atoms with Crippen molar-refractivity contribution in [2.75, 3.05) is 27.2 Å². The first-order chi connectivity index (χ1) is 8.44.